The van der Waals surface area contributed by atoms with Gasteiger partial charge >= 0.3 is 11.9 Å². The van der Waals surface area contributed by atoms with E-state index in [4.69, 9.17) is 14.2 Å². The lowest BCUT2D eigenvalue weighted by Crippen LogP contribution is -2.45. The first-order chi connectivity index (χ1) is 18.3. The van der Waals surface area contributed by atoms with Crippen molar-refractivity contribution in [1.29, 1.82) is 0 Å². The van der Waals surface area contributed by atoms with Gasteiger partial charge in [-0.2, -0.15) is 0 Å². The van der Waals surface area contributed by atoms with Crippen LogP contribution in [0.2, 0.25) is 0 Å². The van der Waals surface area contributed by atoms with Crippen LogP contribution in [0.3, 0.4) is 0 Å². The highest BCUT2D eigenvalue weighted by atomic mass is 16.5. The molecule has 5 heteroatoms. The molecule has 1 aliphatic heterocycles. The van der Waals surface area contributed by atoms with Crippen molar-refractivity contribution in [3.63, 3.8) is 0 Å². The summed E-state index contributed by atoms with van der Waals surface area (Å²) in [5.41, 5.74) is 2.10. The number of hydrogen-bond acceptors (Lipinski definition) is 5. The second kappa shape index (κ2) is 11.9. The maximum absolute atomic E-state index is 13.1. The highest BCUT2D eigenvalue weighted by molar-refractivity contribution is 5.79. The Kier molecular flexibility index (Phi) is 9.58. The van der Waals surface area contributed by atoms with Gasteiger partial charge in [0.05, 0.1) is 17.4 Å². The molecule has 1 heterocycles. The van der Waals surface area contributed by atoms with E-state index < -0.39 is 10.8 Å². The Labute approximate surface area is 243 Å². The molecule has 1 aromatic rings. The summed E-state index contributed by atoms with van der Waals surface area (Å²) in [4.78, 5) is 25.1. The van der Waals surface area contributed by atoms with E-state index >= 15 is 0 Å². The Morgan fingerprint density at radius 2 is 1.55 bits per heavy atom. The Hall–Kier alpha value is -2.30. The molecule has 0 saturated carbocycles. The fourth-order valence-corrected chi connectivity index (χ4v) is 5.82. The van der Waals surface area contributed by atoms with E-state index in [0.29, 0.717) is 18.3 Å². The summed E-state index contributed by atoms with van der Waals surface area (Å²) >= 11 is 0. The zero-order chi connectivity index (χ0) is 30.1. The Balaban J connectivity index is 1.79. The SMILES string of the molecule is CC1=CC[C@@H]2[C@@H](C1)c1c(OC(=O)C(C)(C)C)cc(C(C)(C)CCCCCCOC(=O)C(C)(C)C)cc1OC2(C)C. The number of ether oxygens (including phenoxy) is 3. The van der Waals surface area contributed by atoms with Crippen LogP contribution in [0, 0.1) is 16.7 Å². The third-order valence-electron chi connectivity index (χ3n) is 8.63. The summed E-state index contributed by atoms with van der Waals surface area (Å²) in [6.07, 6.45) is 9.31. The topological polar surface area (TPSA) is 61.8 Å². The van der Waals surface area contributed by atoms with E-state index in [2.05, 4.69) is 52.8 Å². The molecule has 0 radical (unpaired) electrons. The van der Waals surface area contributed by atoms with Gasteiger partial charge in [0.25, 0.3) is 0 Å². The number of benzene rings is 1. The molecule has 0 aromatic heterocycles. The Morgan fingerprint density at radius 1 is 0.925 bits per heavy atom. The van der Waals surface area contributed by atoms with Crippen LogP contribution in [0.5, 0.6) is 11.5 Å². The van der Waals surface area contributed by atoms with Crippen molar-refractivity contribution in [2.75, 3.05) is 6.61 Å². The molecular weight excluding hydrogens is 500 g/mol. The molecule has 5 nitrogen and oxygen atoms in total. The number of carbonyl (C=O) groups is 2. The predicted molar refractivity (Wildman–Crippen MR) is 162 cm³/mol. The van der Waals surface area contributed by atoms with Gasteiger partial charge in [0.2, 0.25) is 0 Å². The Morgan fingerprint density at radius 3 is 2.17 bits per heavy atom. The summed E-state index contributed by atoms with van der Waals surface area (Å²) in [5.74, 6) is 1.76. The third-order valence-corrected chi connectivity index (χ3v) is 8.63. The van der Waals surface area contributed by atoms with Crippen LogP contribution in [0.15, 0.2) is 23.8 Å². The number of rotatable bonds is 9. The lowest BCUT2D eigenvalue weighted by atomic mass is 9.66. The standard InChI is InChI=1S/C35H54O5/c1-23-16-17-26-25(20-23)29-27(39-31(37)33(5,6)7)21-24(22-28(29)40-35(26,10)11)34(8,9)18-14-12-13-15-19-38-30(36)32(2,3)4/h16,21-22,25-26H,12-15,17-20H2,1-11H3/t25-,26-/m1/s1. The second-order valence-electron chi connectivity index (χ2n) is 15.4. The fraction of sp³-hybridized carbons (Fsp3) is 0.714. The molecule has 0 N–H and O–H groups in total. The number of hydrogen-bond donors (Lipinski definition) is 0. The van der Waals surface area contributed by atoms with Crippen LogP contribution in [0.4, 0.5) is 0 Å². The number of carbonyl (C=O) groups excluding carboxylic acids is 2. The minimum absolute atomic E-state index is 0.122. The summed E-state index contributed by atoms with van der Waals surface area (Å²) < 4.78 is 18.3. The quantitative estimate of drug-likeness (QED) is 0.132. The molecule has 0 spiro atoms. The van der Waals surface area contributed by atoms with Gasteiger partial charge in [-0.1, -0.05) is 44.8 Å². The first kappa shape index (κ1) is 32.2. The van der Waals surface area contributed by atoms with E-state index in [9.17, 15) is 9.59 Å². The molecule has 0 amide bonds. The number of allylic oxidation sites excluding steroid dienone is 2. The molecule has 1 aliphatic carbocycles. The minimum atomic E-state index is -0.601. The van der Waals surface area contributed by atoms with Gasteiger partial charge in [0.1, 0.15) is 17.1 Å². The van der Waals surface area contributed by atoms with Crippen LogP contribution in [-0.2, 0) is 19.7 Å². The molecule has 1 aromatic carbocycles. The molecule has 2 aliphatic rings. The molecular formula is C35H54O5. The summed E-state index contributed by atoms with van der Waals surface area (Å²) in [5, 5.41) is 0. The van der Waals surface area contributed by atoms with Gasteiger partial charge < -0.3 is 14.2 Å². The zero-order valence-electron chi connectivity index (χ0n) is 27.1. The summed E-state index contributed by atoms with van der Waals surface area (Å²) in [6.45, 7) is 22.9. The van der Waals surface area contributed by atoms with Gasteiger partial charge in [0, 0.05) is 17.4 Å². The Bertz CT molecular complexity index is 1110. The van der Waals surface area contributed by atoms with Gasteiger partial charge in [0.15, 0.2) is 0 Å². The van der Waals surface area contributed by atoms with E-state index in [0.717, 1.165) is 61.8 Å². The van der Waals surface area contributed by atoms with E-state index in [-0.39, 0.29) is 28.9 Å². The second-order valence-corrected chi connectivity index (χ2v) is 15.4. The van der Waals surface area contributed by atoms with Crippen molar-refractivity contribution in [3.8, 4) is 11.5 Å². The molecule has 0 saturated heterocycles. The normalized spacial score (nSPS) is 20.5. The van der Waals surface area contributed by atoms with Crippen LogP contribution in [-0.4, -0.2) is 24.1 Å². The van der Waals surface area contributed by atoms with Crippen molar-refractivity contribution in [2.45, 2.75) is 138 Å². The maximum Gasteiger partial charge on any atom is 0.316 e. The van der Waals surface area contributed by atoms with Crippen LogP contribution < -0.4 is 9.47 Å². The van der Waals surface area contributed by atoms with Crippen molar-refractivity contribution in [1.82, 2.24) is 0 Å². The lowest BCUT2D eigenvalue weighted by Gasteiger charge is -2.47. The average molecular weight is 555 g/mol. The number of fused-ring (bicyclic) bond motifs is 3. The third kappa shape index (κ3) is 7.70. The molecule has 2 atom stereocenters. The number of unbranched alkanes of at least 4 members (excludes halogenated alkanes) is 3. The zero-order valence-corrected chi connectivity index (χ0v) is 27.1. The highest BCUT2D eigenvalue weighted by Crippen LogP contribution is 2.55. The van der Waals surface area contributed by atoms with E-state index in [1.165, 1.54) is 5.57 Å². The van der Waals surface area contributed by atoms with Crippen LogP contribution in [0.25, 0.3) is 0 Å². The lowest BCUT2D eigenvalue weighted by molar-refractivity contribution is -0.153. The van der Waals surface area contributed by atoms with Gasteiger partial charge in [-0.25, -0.2) is 0 Å². The highest BCUT2D eigenvalue weighted by Gasteiger charge is 2.46. The maximum atomic E-state index is 13.1. The molecule has 0 fully saturated rings. The fourth-order valence-electron chi connectivity index (χ4n) is 5.82. The monoisotopic (exact) mass is 554 g/mol. The van der Waals surface area contributed by atoms with Crippen LogP contribution in [0.1, 0.15) is 138 Å². The van der Waals surface area contributed by atoms with Gasteiger partial charge in [-0.15, -0.1) is 0 Å². The van der Waals surface area contributed by atoms with E-state index in [1.54, 1.807) is 0 Å². The summed E-state index contributed by atoms with van der Waals surface area (Å²) in [7, 11) is 0. The molecule has 3 rings (SSSR count). The molecule has 40 heavy (non-hydrogen) atoms. The van der Waals surface area contributed by atoms with Crippen molar-refractivity contribution in [3.05, 3.63) is 34.9 Å². The smallest absolute Gasteiger partial charge is 0.316 e. The average Bonchev–Trinajstić information content (AvgIpc) is 2.81. The first-order valence-electron chi connectivity index (χ1n) is 15.3. The van der Waals surface area contributed by atoms with Crippen LogP contribution >= 0.6 is 0 Å². The molecule has 224 valence electrons. The molecule has 0 unspecified atom stereocenters. The van der Waals surface area contributed by atoms with Crippen molar-refractivity contribution in [2.24, 2.45) is 16.7 Å². The molecule has 0 bridgehead atoms. The first-order valence-corrected chi connectivity index (χ1v) is 15.3. The summed E-state index contributed by atoms with van der Waals surface area (Å²) in [6, 6.07) is 4.32. The van der Waals surface area contributed by atoms with Crippen molar-refractivity contribution >= 4 is 11.9 Å². The van der Waals surface area contributed by atoms with E-state index in [1.807, 2.05) is 41.5 Å². The van der Waals surface area contributed by atoms with Gasteiger partial charge in [-0.3, -0.25) is 9.59 Å². The minimum Gasteiger partial charge on any atom is -0.487 e. The predicted octanol–water partition coefficient (Wildman–Crippen LogP) is 9.07. The van der Waals surface area contributed by atoms with Crippen molar-refractivity contribution < 1.29 is 23.8 Å². The largest absolute Gasteiger partial charge is 0.487 e. The van der Waals surface area contributed by atoms with Gasteiger partial charge in [-0.05, 0) is 111 Å². The number of esters is 2.